The molecule has 0 aliphatic heterocycles. The predicted molar refractivity (Wildman–Crippen MR) is 221 cm³/mol. The van der Waals surface area contributed by atoms with Crippen LogP contribution in [0.1, 0.15) is 44.0 Å². The average molecular weight is 784 g/mol. The molecular formula is C44H37N3O7S2. The van der Waals surface area contributed by atoms with Crippen LogP contribution in [0.5, 0.6) is 11.5 Å². The number of rotatable bonds is 14. The van der Waals surface area contributed by atoms with Gasteiger partial charge in [-0.05, 0) is 66.6 Å². The Labute approximate surface area is 332 Å². The summed E-state index contributed by atoms with van der Waals surface area (Å²) in [6, 6.07) is 38.6. The van der Waals surface area contributed by atoms with E-state index in [0.717, 1.165) is 11.1 Å². The zero-order valence-corrected chi connectivity index (χ0v) is 32.0. The van der Waals surface area contributed by atoms with E-state index < -0.39 is 23.0 Å². The number of methoxy groups -OCH3 is 1. The van der Waals surface area contributed by atoms with Gasteiger partial charge >= 0.3 is 5.97 Å². The summed E-state index contributed by atoms with van der Waals surface area (Å²) in [6.07, 6.45) is 1.46. The Morgan fingerprint density at radius 1 is 0.821 bits per heavy atom. The number of hydrogen-bond acceptors (Lipinski definition) is 9. The molecule has 0 radical (unpaired) electrons. The number of nitrogens with one attached hydrogen (secondary N) is 3. The van der Waals surface area contributed by atoms with Crippen molar-refractivity contribution in [1.29, 1.82) is 0 Å². The van der Waals surface area contributed by atoms with Gasteiger partial charge in [-0.2, -0.15) is 0 Å². The molecule has 282 valence electrons. The number of ether oxygens (including phenoxy) is 2. The largest absolute Gasteiger partial charge is 0.508 e. The van der Waals surface area contributed by atoms with Crippen molar-refractivity contribution in [1.82, 2.24) is 5.32 Å². The van der Waals surface area contributed by atoms with Crippen molar-refractivity contribution in [3.63, 3.8) is 0 Å². The molecule has 56 heavy (non-hydrogen) atoms. The minimum atomic E-state index is -0.762. The monoisotopic (exact) mass is 783 g/mol. The number of phenolic OH excluding ortho intramolecular Hbond substituents is 1. The van der Waals surface area contributed by atoms with E-state index in [1.165, 1.54) is 48.4 Å². The van der Waals surface area contributed by atoms with Crippen LogP contribution < -0.4 is 20.7 Å². The maximum atomic E-state index is 14.2. The van der Waals surface area contributed by atoms with Gasteiger partial charge in [0.2, 0.25) is 5.91 Å². The van der Waals surface area contributed by atoms with E-state index in [0.29, 0.717) is 38.0 Å². The Bertz CT molecular complexity index is 2360. The molecule has 0 aliphatic carbocycles. The minimum absolute atomic E-state index is 0.0260. The fraction of sp³-hybridized carbons (Fsp3) is 0.0909. The van der Waals surface area contributed by atoms with Gasteiger partial charge < -0.3 is 30.5 Å². The number of aromatic hydroxyl groups is 1. The molecule has 12 heteroatoms. The smallest absolute Gasteiger partial charge is 0.341 e. The lowest BCUT2D eigenvalue weighted by molar-refractivity contribution is -0.116. The zero-order valence-electron chi connectivity index (χ0n) is 30.4. The zero-order chi connectivity index (χ0) is 39.4. The van der Waals surface area contributed by atoms with Crippen molar-refractivity contribution in [2.45, 2.75) is 17.1 Å². The van der Waals surface area contributed by atoms with Crippen LogP contribution in [0.2, 0.25) is 0 Å². The van der Waals surface area contributed by atoms with Gasteiger partial charge in [0.15, 0.2) is 0 Å². The highest BCUT2D eigenvalue weighted by Crippen LogP contribution is 2.40. The molecule has 6 aromatic rings. The van der Waals surface area contributed by atoms with Crippen molar-refractivity contribution in [3.8, 4) is 22.6 Å². The molecule has 1 atom stereocenters. The van der Waals surface area contributed by atoms with E-state index >= 15 is 0 Å². The van der Waals surface area contributed by atoms with Gasteiger partial charge in [0.25, 0.3) is 11.8 Å². The third-order valence-corrected chi connectivity index (χ3v) is 10.5. The first-order valence-electron chi connectivity index (χ1n) is 17.5. The lowest BCUT2D eigenvalue weighted by Gasteiger charge is -2.18. The maximum Gasteiger partial charge on any atom is 0.341 e. The quantitative estimate of drug-likeness (QED) is 0.0487. The van der Waals surface area contributed by atoms with E-state index in [2.05, 4.69) is 16.0 Å². The van der Waals surface area contributed by atoms with Crippen LogP contribution in [0.4, 0.5) is 10.7 Å². The number of thiophene rings is 1. The number of anilines is 2. The van der Waals surface area contributed by atoms with Crippen LogP contribution in [0.3, 0.4) is 0 Å². The lowest BCUT2D eigenvalue weighted by atomic mass is 10.0. The Kier molecular flexibility index (Phi) is 13.0. The summed E-state index contributed by atoms with van der Waals surface area (Å²) in [4.78, 5) is 55.2. The molecule has 0 aliphatic rings. The molecule has 0 fully saturated rings. The minimum Gasteiger partial charge on any atom is -0.508 e. The molecule has 1 unspecified atom stereocenters. The van der Waals surface area contributed by atoms with Crippen molar-refractivity contribution >= 4 is 63.6 Å². The number of carbonyl (C=O) groups is 4. The summed E-state index contributed by atoms with van der Waals surface area (Å²) in [5.74, 6) is -1.75. The van der Waals surface area contributed by atoms with E-state index in [9.17, 15) is 24.3 Å². The van der Waals surface area contributed by atoms with Gasteiger partial charge in [-0.1, -0.05) is 84.9 Å². The fourth-order valence-corrected chi connectivity index (χ4v) is 7.71. The van der Waals surface area contributed by atoms with E-state index in [4.69, 9.17) is 9.47 Å². The van der Waals surface area contributed by atoms with Crippen LogP contribution in [0, 0.1) is 0 Å². The summed E-state index contributed by atoms with van der Waals surface area (Å²) in [5, 5.41) is 20.0. The highest BCUT2D eigenvalue weighted by atomic mass is 32.2. The van der Waals surface area contributed by atoms with Crippen molar-refractivity contribution in [3.05, 3.63) is 167 Å². The van der Waals surface area contributed by atoms with Crippen LogP contribution in [-0.4, -0.2) is 42.5 Å². The molecule has 0 bridgehead atoms. The average Bonchev–Trinajstić information content (AvgIpc) is 3.64. The third kappa shape index (κ3) is 9.72. The first kappa shape index (κ1) is 39.1. The second-order valence-corrected chi connectivity index (χ2v) is 14.2. The topological polar surface area (TPSA) is 143 Å². The summed E-state index contributed by atoms with van der Waals surface area (Å²) in [7, 11) is 1.43. The van der Waals surface area contributed by atoms with Gasteiger partial charge in [0, 0.05) is 38.7 Å². The van der Waals surface area contributed by atoms with Crippen molar-refractivity contribution < 1.29 is 33.8 Å². The Morgan fingerprint density at radius 3 is 2.21 bits per heavy atom. The molecule has 3 amide bonds. The van der Waals surface area contributed by atoms with Gasteiger partial charge in [-0.15, -0.1) is 23.1 Å². The highest BCUT2D eigenvalue weighted by molar-refractivity contribution is 8.00. The number of carbonyl (C=O) groups excluding carboxylic acids is 4. The van der Waals surface area contributed by atoms with Gasteiger partial charge in [0.1, 0.15) is 33.0 Å². The summed E-state index contributed by atoms with van der Waals surface area (Å²) >= 11 is 2.51. The maximum absolute atomic E-state index is 14.2. The number of esters is 1. The molecule has 0 saturated heterocycles. The van der Waals surface area contributed by atoms with Gasteiger partial charge in [0.05, 0.1) is 13.7 Å². The Hall–Kier alpha value is -6.63. The Morgan fingerprint density at radius 2 is 1.52 bits per heavy atom. The second kappa shape index (κ2) is 18.6. The normalized spacial score (nSPS) is 11.6. The van der Waals surface area contributed by atoms with Gasteiger partial charge in [-0.25, -0.2) is 4.79 Å². The molecule has 1 heterocycles. The summed E-state index contributed by atoms with van der Waals surface area (Å²) in [6.45, 7) is 1.90. The number of thioether (sulfide) groups is 1. The number of phenols is 1. The van der Waals surface area contributed by atoms with E-state index in [-0.39, 0.29) is 29.5 Å². The van der Waals surface area contributed by atoms with Crippen LogP contribution in [0.25, 0.3) is 17.2 Å². The standard InChI is InChI=1S/C44H37N3O7S2/c1-3-54-44(52)38-35(28-14-7-4-8-15-28)27-55-43(38)47-42(51)39(29-16-9-5-10-17-29)56-34-21-13-20-32(25-34)45-41(50)36(46-40(49)30-18-11-6-12-19-30)24-31-22-23-33(48)26-37(31)53-2/h4-27,39,48H,3H2,1-2H3,(H,45,50)(H,46,49)(H,47,51)/b36-24+. The molecular weight excluding hydrogens is 747 g/mol. The second-order valence-electron chi connectivity index (χ2n) is 12.1. The SMILES string of the molecule is CCOC(=O)c1c(-c2ccccc2)csc1NC(=O)C(Sc1cccc(NC(=O)/C(=C\c2ccc(O)cc2OC)NC(=O)c2ccccc2)c1)c1ccccc1. The summed E-state index contributed by atoms with van der Waals surface area (Å²) < 4.78 is 10.8. The molecule has 0 spiro atoms. The first-order chi connectivity index (χ1) is 27.2. The molecule has 6 rings (SSSR count). The lowest BCUT2D eigenvalue weighted by Crippen LogP contribution is -2.30. The molecule has 1 aromatic heterocycles. The molecule has 5 aromatic carbocycles. The van der Waals surface area contributed by atoms with Crippen molar-refractivity contribution in [2.24, 2.45) is 0 Å². The number of benzene rings is 5. The van der Waals surface area contributed by atoms with Gasteiger partial charge in [-0.3, -0.25) is 14.4 Å². The number of amides is 3. The van der Waals surface area contributed by atoms with E-state index in [1.54, 1.807) is 61.5 Å². The molecule has 0 saturated carbocycles. The van der Waals surface area contributed by atoms with Crippen molar-refractivity contribution in [2.75, 3.05) is 24.4 Å². The number of hydrogen-bond donors (Lipinski definition) is 4. The summed E-state index contributed by atoms with van der Waals surface area (Å²) in [5.41, 5.74) is 3.60. The van der Waals surface area contributed by atoms with Crippen LogP contribution in [0.15, 0.2) is 149 Å². The molecule has 4 N–H and O–H groups in total. The first-order valence-corrected chi connectivity index (χ1v) is 19.2. The molecule has 10 nitrogen and oxygen atoms in total. The predicted octanol–water partition coefficient (Wildman–Crippen LogP) is 9.19. The fourth-order valence-electron chi connectivity index (χ4n) is 5.66. The van der Waals surface area contributed by atoms with Crippen LogP contribution >= 0.6 is 23.1 Å². The van der Waals surface area contributed by atoms with Crippen LogP contribution in [-0.2, 0) is 14.3 Å². The van der Waals surface area contributed by atoms with E-state index in [1.807, 2.05) is 72.1 Å². The third-order valence-electron chi connectivity index (χ3n) is 8.32. The Balaban J connectivity index is 1.27. The highest BCUT2D eigenvalue weighted by Gasteiger charge is 2.28.